The molecule has 1 aromatic rings. The Kier molecular flexibility index (Phi) is 3.24. The summed E-state index contributed by atoms with van der Waals surface area (Å²) in [6, 6.07) is 6.80. The monoisotopic (exact) mass is 299 g/mol. The summed E-state index contributed by atoms with van der Waals surface area (Å²) in [5.41, 5.74) is -0.0119. The van der Waals surface area contributed by atoms with Gasteiger partial charge < -0.3 is 5.32 Å². The van der Waals surface area contributed by atoms with Crippen molar-refractivity contribution in [2.24, 2.45) is 16.7 Å². The van der Waals surface area contributed by atoms with Crippen LogP contribution >= 0.6 is 0 Å². The molecule has 0 aromatic heterocycles. The largest absolute Gasteiger partial charge is 0.325 e. The van der Waals surface area contributed by atoms with Gasteiger partial charge in [0, 0.05) is 16.7 Å². The van der Waals surface area contributed by atoms with Crippen LogP contribution in [0.5, 0.6) is 0 Å². The lowest BCUT2D eigenvalue weighted by atomic mass is 9.70. The minimum absolute atomic E-state index is 0.0113. The van der Waals surface area contributed by atoms with Gasteiger partial charge in [-0.15, -0.1) is 0 Å². The number of nitrogens with one attached hydrogen (secondary N) is 1. The third kappa shape index (κ3) is 2.01. The van der Waals surface area contributed by atoms with Crippen LogP contribution in [0.2, 0.25) is 0 Å². The van der Waals surface area contributed by atoms with E-state index in [1.54, 1.807) is 24.3 Å². The standard InChI is InChI=1S/C18H21NO3/c1-11(20)12-4-6-14(7-5-12)19-16(22)18-9-8-13(10-18)17(2,3)15(18)21/h4-7,13H,8-10H2,1-3H3,(H,19,22)/t13-,18+/m1/s1. The van der Waals surface area contributed by atoms with Gasteiger partial charge in [-0.3, -0.25) is 14.4 Å². The molecule has 1 amide bonds. The Morgan fingerprint density at radius 1 is 1.18 bits per heavy atom. The Labute approximate surface area is 130 Å². The van der Waals surface area contributed by atoms with Crippen LogP contribution in [0.25, 0.3) is 0 Å². The van der Waals surface area contributed by atoms with Crippen LogP contribution in [-0.4, -0.2) is 17.5 Å². The lowest BCUT2D eigenvalue weighted by Crippen LogP contribution is -2.44. The molecule has 1 aromatic carbocycles. The lowest BCUT2D eigenvalue weighted by Gasteiger charge is -2.32. The van der Waals surface area contributed by atoms with E-state index < -0.39 is 10.8 Å². The first kappa shape index (κ1) is 14.9. The van der Waals surface area contributed by atoms with Gasteiger partial charge in [0.25, 0.3) is 0 Å². The van der Waals surface area contributed by atoms with Crippen LogP contribution in [0.3, 0.4) is 0 Å². The number of benzene rings is 1. The number of hydrogen-bond donors (Lipinski definition) is 1. The van der Waals surface area contributed by atoms with Gasteiger partial charge in [-0.1, -0.05) is 13.8 Å². The molecule has 2 saturated carbocycles. The number of amides is 1. The fourth-order valence-electron chi connectivity index (χ4n) is 4.02. The predicted octanol–water partition coefficient (Wildman–Crippen LogP) is 3.22. The summed E-state index contributed by atoms with van der Waals surface area (Å²) in [6.07, 6.45) is 2.25. The minimum Gasteiger partial charge on any atom is -0.325 e. The second-order valence-corrected chi connectivity index (χ2v) is 7.16. The number of rotatable bonds is 3. The molecule has 2 aliphatic rings. The topological polar surface area (TPSA) is 63.2 Å². The smallest absolute Gasteiger partial charge is 0.238 e. The Morgan fingerprint density at radius 2 is 1.82 bits per heavy atom. The van der Waals surface area contributed by atoms with Gasteiger partial charge in [-0.2, -0.15) is 0 Å². The molecule has 3 rings (SSSR count). The van der Waals surface area contributed by atoms with Gasteiger partial charge >= 0.3 is 0 Å². The molecular weight excluding hydrogens is 278 g/mol. The van der Waals surface area contributed by atoms with Gasteiger partial charge in [-0.25, -0.2) is 0 Å². The van der Waals surface area contributed by atoms with Crippen molar-refractivity contribution in [2.75, 3.05) is 5.32 Å². The number of carbonyl (C=O) groups excluding carboxylic acids is 3. The van der Waals surface area contributed by atoms with Gasteiger partial charge in [0.2, 0.25) is 5.91 Å². The fourth-order valence-corrected chi connectivity index (χ4v) is 4.02. The van der Waals surface area contributed by atoms with Crippen molar-refractivity contribution in [3.63, 3.8) is 0 Å². The summed E-state index contributed by atoms with van der Waals surface area (Å²) in [7, 11) is 0. The second-order valence-electron chi connectivity index (χ2n) is 7.16. The van der Waals surface area contributed by atoms with E-state index in [1.807, 2.05) is 13.8 Å². The summed E-state index contributed by atoms with van der Waals surface area (Å²) in [6.45, 7) is 5.41. The van der Waals surface area contributed by atoms with E-state index in [2.05, 4.69) is 5.32 Å². The van der Waals surface area contributed by atoms with Crippen molar-refractivity contribution in [1.82, 2.24) is 0 Å². The number of Topliss-reactive ketones (excluding diaryl/α,β-unsaturated/α-hetero) is 2. The first-order chi connectivity index (χ1) is 10.3. The fraction of sp³-hybridized carbons (Fsp3) is 0.500. The molecule has 4 heteroatoms. The predicted molar refractivity (Wildman–Crippen MR) is 83.6 cm³/mol. The molecule has 2 fully saturated rings. The van der Waals surface area contributed by atoms with Gasteiger partial charge in [0.05, 0.1) is 0 Å². The maximum atomic E-state index is 12.7. The maximum absolute atomic E-state index is 12.7. The molecule has 2 aliphatic carbocycles. The second kappa shape index (κ2) is 4.77. The average Bonchev–Trinajstić information content (AvgIpc) is 3.00. The highest BCUT2D eigenvalue weighted by atomic mass is 16.2. The van der Waals surface area contributed by atoms with E-state index in [0.717, 1.165) is 6.42 Å². The number of fused-ring (bicyclic) bond motifs is 2. The Bertz CT molecular complexity index is 659. The van der Waals surface area contributed by atoms with Crippen LogP contribution in [0.15, 0.2) is 24.3 Å². The summed E-state index contributed by atoms with van der Waals surface area (Å²) in [4.78, 5) is 36.7. The summed E-state index contributed by atoms with van der Waals surface area (Å²) in [5, 5.41) is 2.87. The Hall–Kier alpha value is -1.97. The molecule has 116 valence electrons. The number of anilines is 1. The third-order valence-electron chi connectivity index (χ3n) is 5.54. The van der Waals surface area contributed by atoms with Crippen LogP contribution in [0, 0.1) is 16.7 Å². The number of carbonyl (C=O) groups is 3. The molecule has 2 atom stereocenters. The zero-order chi connectivity index (χ0) is 16.1. The van der Waals surface area contributed by atoms with Crippen LogP contribution in [-0.2, 0) is 9.59 Å². The van der Waals surface area contributed by atoms with Crippen molar-refractivity contribution in [1.29, 1.82) is 0 Å². The number of ketones is 2. The maximum Gasteiger partial charge on any atom is 0.238 e. The minimum atomic E-state index is -0.854. The molecule has 4 nitrogen and oxygen atoms in total. The van der Waals surface area contributed by atoms with E-state index in [9.17, 15) is 14.4 Å². The summed E-state index contributed by atoms with van der Waals surface area (Å²) in [5.74, 6) is 0.184. The van der Waals surface area contributed by atoms with Crippen molar-refractivity contribution < 1.29 is 14.4 Å². The highest BCUT2D eigenvalue weighted by Crippen LogP contribution is 2.60. The van der Waals surface area contributed by atoms with E-state index in [-0.39, 0.29) is 17.5 Å². The first-order valence-electron chi connectivity index (χ1n) is 7.75. The number of hydrogen-bond acceptors (Lipinski definition) is 3. The van der Waals surface area contributed by atoms with Crippen molar-refractivity contribution in [2.45, 2.75) is 40.0 Å². The van der Waals surface area contributed by atoms with Gasteiger partial charge in [0.1, 0.15) is 5.41 Å². The molecule has 0 radical (unpaired) electrons. The Balaban J connectivity index is 1.80. The van der Waals surface area contributed by atoms with Crippen LogP contribution < -0.4 is 5.32 Å². The molecule has 1 N–H and O–H groups in total. The molecule has 0 aliphatic heterocycles. The zero-order valence-corrected chi connectivity index (χ0v) is 13.2. The first-order valence-corrected chi connectivity index (χ1v) is 7.75. The molecule has 0 heterocycles. The van der Waals surface area contributed by atoms with Crippen molar-refractivity contribution in [3.05, 3.63) is 29.8 Å². The zero-order valence-electron chi connectivity index (χ0n) is 13.2. The molecule has 0 unspecified atom stereocenters. The SMILES string of the molecule is CC(=O)c1ccc(NC(=O)[C@@]23CC[C@H](C2)C(C)(C)C3=O)cc1. The van der Waals surface area contributed by atoms with E-state index >= 15 is 0 Å². The summed E-state index contributed by atoms with van der Waals surface area (Å²) >= 11 is 0. The van der Waals surface area contributed by atoms with E-state index in [1.165, 1.54) is 6.92 Å². The van der Waals surface area contributed by atoms with Crippen LogP contribution in [0.1, 0.15) is 50.4 Å². The molecule has 0 saturated heterocycles. The highest BCUT2D eigenvalue weighted by molar-refractivity contribution is 6.15. The van der Waals surface area contributed by atoms with Gasteiger partial charge in [-0.05, 0) is 56.4 Å². The third-order valence-corrected chi connectivity index (χ3v) is 5.54. The van der Waals surface area contributed by atoms with Gasteiger partial charge in [0.15, 0.2) is 11.6 Å². The quantitative estimate of drug-likeness (QED) is 0.688. The van der Waals surface area contributed by atoms with Crippen molar-refractivity contribution in [3.8, 4) is 0 Å². The Morgan fingerprint density at radius 3 is 2.32 bits per heavy atom. The molecular formula is C18H21NO3. The molecule has 2 bridgehead atoms. The summed E-state index contributed by atoms with van der Waals surface area (Å²) < 4.78 is 0. The van der Waals surface area contributed by atoms with Crippen molar-refractivity contribution >= 4 is 23.2 Å². The van der Waals surface area contributed by atoms with Crippen LogP contribution in [0.4, 0.5) is 5.69 Å². The average molecular weight is 299 g/mol. The lowest BCUT2D eigenvalue weighted by molar-refractivity contribution is -0.142. The molecule has 22 heavy (non-hydrogen) atoms. The van der Waals surface area contributed by atoms with E-state index in [4.69, 9.17) is 0 Å². The highest BCUT2D eigenvalue weighted by Gasteiger charge is 2.64. The van der Waals surface area contributed by atoms with E-state index in [0.29, 0.717) is 30.0 Å². The molecule has 0 spiro atoms. The normalized spacial score (nSPS) is 28.7.